The average Bonchev–Trinajstić information content (AvgIpc) is 4.01. The van der Waals surface area contributed by atoms with Crippen molar-refractivity contribution in [3.63, 3.8) is 0 Å². The zero-order valence-electron chi connectivity index (χ0n) is 46.6. The Hall–Kier alpha value is -6.36. The number of hydrogen-bond acceptors (Lipinski definition) is 8. The molecule has 10 heteroatoms. The van der Waals surface area contributed by atoms with Gasteiger partial charge in [0.05, 0.1) is 44.6 Å². The Kier molecular flexibility index (Phi) is 14.7. The molecule has 0 radical (unpaired) electrons. The largest absolute Gasteiger partial charge is 0.504 e. The quantitative estimate of drug-likeness (QED) is 0.0639. The van der Waals surface area contributed by atoms with Crippen molar-refractivity contribution in [3.05, 3.63) is 129 Å². The number of methoxy groups -OCH3 is 3. The van der Waals surface area contributed by atoms with Crippen molar-refractivity contribution in [2.75, 3.05) is 21.3 Å². The standard InChI is InChI=1S/C33H41NO4.C32H39NO4/c1-20(2)8-11-23-19-34-25-15-22(16-26(36-6)30(23)25)10-9-21-14-24-18-28-32(3,4)29(35)12-13-33(28,5)38-31(24)27(17-21)37-7;1-19(2)7-10-22-18-33-24-14-21(16-26(36-6)29(22)24)9-8-20-13-23-17-27-31(3,4)28(35)11-12-32(27,5)37-30(23)25(34)15-20/h8-10,14-17,19,28-29,34-35H,11-13,18H2,1-7H3;7-9,13-16,18,27-28,33-35H,10-12,17H2,1-6H3/b10-9+;9-8+/t28-,29-,33-;27-,28-,32-/m11/s1. The van der Waals surface area contributed by atoms with Crippen LogP contribution in [-0.4, -0.2) is 70.0 Å². The number of aliphatic hydroxyl groups is 2. The van der Waals surface area contributed by atoms with E-state index in [0.29, 0.717) is 12.2 Å². The van der Waals surface area contributed by atoms with Crippen LogP contribution >= 0.6 is 0 Å². The van der Waals surface area contributed by atoms with Gasteiger partial charge in [0.15, 0.2) is 23.0 Å². The number of phenols is 1. The molecule has 2 aliphatic carbocycles. The smallest absolute Gasteiger partial charge is 0.165 e. The van der Waals surface area contributed by atoms with Gasteiger partial charge in [0.25, 0.3) is 0 Å². The summed E-state index contributed by atoms with van der Waals surface area (Å²) in [7, 11) is 5.14. The molecule has 0 bridgehead atoms. The van der Waals surface area contributed by atoms with Crippen LogP contribution < -0.4 is 23.7 Å². The van der Waals surface area contributed by atoms with Crippen molar-refractivity contribution in [1.82, 2.24) is 9.97 Å². The van der Waals surface area contributed by atoms with E-state index in [0.717, 1.165) is 123 Å². The molecule has 0 unspecified atom stereocenters. The average molecular weight is 1020 g/mol. The minimum atomic E-state index is -0.392. The molecule has 2 fully saturated rings. The van der Waals surface area contributed by atoms with Gasteiger partial charge in [0, 0.05) is 35.0 Å². The molecule has 2 saturated carbocycles. The van der Waals surface area contributed by atoms with Crippen LogP contribution in [0.5, 0.6) is 34.5 Å². The highest BCUT2D eigenvalue weighted by molar-refractivity contribution is 5.93. The van der Waals surface area contributed by atoms with E-state index in [-0.39, 0.29) is 46.2 Å². The summed E-state index contributed by atoms with van der Waals surface area (Å²) in [5, 5.41) is 34.6. The van der Waals surface area contributed by atoms with Gasteiger partial charge in [-0.2, -0.15) is 0 Å². The maximum absolute atomic E-state index is 10.9. The zero-order valence-corrected chi connectivity index (χ0v) is 46.6. The number of benzene rings is 4. The molecule has 5 N–H and O–H groups in total. The molecule has 0 amide bonds. The number of rotatable bonds is 11. The second-order valence-electron chi connectivity index (χ2n) is 23.9. The molecule has 6 atom stereocenters. The molecule has 4 aliphatic rings. The molecule has 4 heterocycles. The molecule has 6 aromatic rings. The number of allylic oxidation sites excluding steroid dienone is 4. The second-order valence-corrected chi connectivity index (χ2v) is 23.9. The van der Waals surface area contributed by atoms with Crippen LogP contribution in [0.2, 0.25) is 0 Å². The predicted molar refractivity (Wildman–Crippen MR) is 305 cm³/mol. The van der Waals surface area contributed by atoms with Gasteiger partial charge in [0.1, 0.15) is 22.7 Å². The van der Waals surface area contributed by atoms with Gasteiger partial charge in [-0.3, -0.25) is 0 Å². The third kappa shape index (κ3) is 10.4. The van der Waals surface area contributed by atoms with Crippen LogP contribution in [0.4, 0.5) is 0 Å². The number of aromatic amines is 2. The highest BCUT2D eigenvalue weighted by Crippen LogP contribution is 2.56. The van der Waals surface area contributed by atoms with E-state index >= 15 is 0 Å². The number of H-pyrrole nitrogens is 2. The van der Waals surface area contributed by atoms with Gasteiger partial charge in [-0.15, -0.1) is 0 Å². The molecule has 75 heavy (non-hydrogen) atoms. The van der Waals surface area contributed by atoms with E-state index in [2.05, 4.69) is 152 Å². The molecule has 2 aliphatic heterocycles. The predicted octanol–water partition coefficient (Wildman–Crippen LogP) is 14.4. The summed E-state index contributed by atoms with van der Waals surface area (Å²) in [6.07, 6.45) is 22.6. The number of fused-ring (bicyclic) bond motifs is 6. The van der Waals surface area contributed by atoms with Crippen molar-refractivity contribution >= 4 is 46.1 Å². The summed E-state index contributed by atoms with van der Waals surface area (Å²) in [6.45, 7) is 21.4. The highest BCUT2D eigenvalue weighted by atomic mass is 16.5. The molecular formula is C65H80N2O8. The van der Waals surface area contributed by atoms with Crippen molar-refractivity contribution in [1.29, 1.82) is 0 Å². The first-order valence-corrected chi connectivity index (χ1v) is 26.9. The first kappa shape index (κ1) is 53.5. The van der Waals surface area contributed by atoms with Gasteiger partial charge in [-0.25, -0.2) is 0 Å². The molecule has 4 aromatic carbocycles. The minimum Gasteiger partial charge on any atom is -0.504 e. The summed E-state index contributed by atoms with van der Waals surface area (Å²) >= 11 is 0. The molecular weight excluding hydrogens is 937 g/mol. The van der Waals surface area contributed by atoms with E-state index in [1.807, 2.05) is 18.2 Å². The topological polar surface area (TPSA) is 138 Å². The van der Waals surface area contributed by atoms with Gasteiger partial charge >= 0.3 is 0 Å². The summed E-state index contributed by atoms with van der Waals surface area (Å²) < 4.78 is 30.5. The minimum absolute atomic E-state index is 0.162. The molecule has 0 saturated heterocycles. The van der Waals surface area contributed by atoms with Gasteiger partial charge in [-0.1, -0.05) is 75.3 Å². The Labute approximate surface area is 444 Å². The number of phenolic OH excluding ortho intramolecular Hbond substituents is 1. The van der Waals surface area contributed by atoms with E-state index < -0.39 is 5.60 Å². The van der Waals surface area contributed by atoms with Crippen LogP contribution in [0.15, 0.2) is 84.2 Å². The van der Waals surface area contributed by atoms with Crippen molar-refractivity contribution < 1.29 is 39.0 Å². The second kappa shape index (κ2) is 20.6. The van der Waals surface area contributed by atoms with Gasteiger partial charge in [0.2, 0.25) is 0 Å². The Morgan fingerprint density at radius 3 is 1.37 bits per heavy atom. The van der Waals surface area contributed by atoms with Crippen molar-refractivity contribution in [2.24, 2.45) is 22.7 Å². The Balaban J connectivity index is 0.000000184. The van der Waals surface area contributed by atoms with E-state index in [4.69, 9.17) is 23.7 Å². The third-order valence-electron chi connectivity index (χ3n) is 17.4. The number of ether oxygens (including phenoxy) is 5. The molecule has 0 spiro atoms. The molecule has 398 valence electrons. The number of hydrogen-bond donors (Lipinski definition) is 5. The number of nitrogens with one attached hydrogen (secondary N) is 2. The lowest BCUT2D eigenvalue weighted by molar-refractivity contribution is -0.138. The van der Waals surface area contributed by atoms with E-state index in [9.17, 15) is 15.3 Å². The fraction of sp³-hybridized carbons (Fsp3) is 0.446. The SMILES string of the molecule is COc1cc(/C=C/c2cc(O)c3c(c2)C[C@@H]2C(C)(C)[C@H](O)CC[C@@]2(C)O3)cc2[nH]cc(CC=C(C)C)c12.COc1cc(/C=C/c2cc(OC)c3c(CC=C(C)C)c[nH]c3c2)cc2c1O[C@]1(C)CC[C@@H](O)C(C)(C)[C@H]1C2. The summed E-state index contributed by atoms with van der Waals surface area (Å²) in [5.74, 6) is 4.44. The number of aromatic hydroxyl groups is 1. The van der Waals surface area contributed by atoms with Crippen LogP contribution in [0.25, 0.3) is 46.1 Å². The lowest BCUT2D eigenvalue weighted by Gasteiger charge is -2.55. The van der Waals surface area contributed by atoms with Crippen molar-refractivity contribution in [2.45, 2.75) is 144 Å². The third-order valence-corrected chi connectivity index (χ3v) is 17.4. The zero-order chi connectivity index (χ0) is 53.8. The summed E-state index contributed by atoms with van der Waals surface area (Å²) in [4.78, 5) is 6.82. The first-order valence-electron chi connectivity index (χ1n) is 26.9. The van der Waals surface area contributed by atoms with Crippen LogP contribution in [-0.2, 0) is 25.7 Å². The van der Waals surface area contributed by atoms with Crippen molar-refractivity contribution in [3.8, 4) is 34.5 Å². The fourth-order valence-electron chi connectivity index (χ4n) is 12.8. The Bertz CT molecular complexity index is 3230. The monoisotopic (exact) mass is 1020 g/mol. The Morgan fingerprint density at radius 1 is 0.560 bits per heavy atom. The van der Waals surface area contributed by atoms with Gasteiger partial charge in [-0.05, 0) is 197 Å². The van der Waals surface area contributed by atoms with Crippen LogP contribution in [0.3, 0.4) is 0 Å². The maximum atomic E-state index is 10.9. The lowest BCUT2D eigenvalue weighted by Crippen LogP contribution is -2.58. The molecule has 10 rings (SSSR count). The molecule has 2 aromatic heterocycles. The fourth-order valence-corrected chi connectivity index (χ4v) is 12.8. The number of aromatic nitrogens is 2. The normalized spacial score (nSPS) is 24.2. The summed E-state index contributed by atoms with van der Waals surface area (Å²) in [6, 6.07) is 16.5. The molecule has 10 nitrogen and oxygen atoms in total. The Morgan fingerprint density at radius 2 is 0.947 bits per heavy atom. The number of aliphatic hydroxyl groups excluding tert-OH is 2. The first-order chi connectivity index (χ1) is 35.6. The lowest BCUT2D eigenvalue weighted by atomic mass is 9.57. The highest BCUT2D eigenvalue weighted by Gasteiger charge is 2.56. The summed E-state index contributed by atoms with van der Waals surface area (Å²) in [5.41, 5.74) is 12.1. The maximum Gasteiger partial charge on any atom is 0.165 e. The van der Waals surface area contributed by atoms with Gasteiger partial charge < -0.3 is 49.0 Å². The van der Waals surface area contributed by atoms with Crippen LogP contribution in [0.1, 0.15) is 139 Å². The van der Waals surface area contributed by atoms with E-state index in [1.165, 1.54) is 22.3 Å². The van der Waals surface area contributed by atoms with Crippen LogP contribution in [0, 0.1) is 22.7 Å². The van der Waals surface area contributed by atoms with E-state index in [1.54, 1.807) is 27.4 Å².